The Hall–Kier alpha value is -0.130. The molecule has 16 heavy (non-hydrogen) atoms. The van der Waals surface area contributed by atoms with Gasteiger partial charge in [0.2, 0.25) is 0 Å². The van der Waals surface area contributed by atoms with Crippen LogP contribution < -0.4 is 10.9 Å². The van der Waals surface area contributed by atoms with Gasteiger partial charge in [0.25, 0.3) is 5.56 Å². The lowest BCUT2D eigenvalue weighted by atomic mass is 10.4. The summed E-state index contributed by atoms with van der Waals surface area (Å²) in [4.78, 5) is 11.7. The molecule has 88 valence electrons. The first kappa shape index (κ1) is 12.3. The first-order valence-electron chi connectivity index (χ1n) is 5.43. The van der Waals surface area contributed by atoms with Crippen LogP contribution in [0, 0.1) is 5.92 Å². The lowest BCUT2D eigenvalue weighted by Crippen LogP contribution is -2.28. The van der Waals surface area contributed by atoms with Gasteiger partial charge in [0.15, 0.2) is 0 Å². The smallest absolute Gasteiger partial charge is 0.264 e. The van der Waals surface area contributed by atoms with Gasteiger partial charge in [-0.2, -0.15) is 0 Å². The first-order chi connectivity index (χ1) is 7.66. The Morgan fingerprint density at radius 2 is 2.19 bits per heavy atom. The van der Waals surface area contributed by atoms with Crippen LogP contribution in [0.2, 0.25) is 0 Å². The largest absolute Gasteiger partial charge is 0.315 e. The maximum Gasteiger partial charge on any atom is 0.264 e. The van der Waals surface area contributed by atoms with Gasteiger partial charge in [0, 0.05) is 23.8 Å². The third-order valence-corrected chi connectivity index (χ3v) is 3.67. The second kappa shape index (κ2) is 5.47. The minimum Gasteiger partial charge on any atom is -0.315 e. The third-order valence-electron chi connectivity index (χ3n) is 2.67. The number of hydrogen-bond donors (Lipinski definition) is 1. The minimum atomic E-state index is 0.0245. The number of hydrogen-bond acceptors (Lipinski definition) is 2. The molecule has 3 nitrogen and oxygen atoms in total. The predicted molar refractivity (Wildman–Crippen MR) is 71.7 cm³/mol. The quantitative estimate of drug-likeness (QED) is 0.828. The van der Waals surface area contributed by atoms with Crippen molar-refractivity contribution in [2.24, 2.45) is 5.92 Å². The summed E-state index contributed by atoms with van der Waals surface area (Å²) >= 11 is 6.63. The average Bonchev–Trinajstić information content (AvgIpc) is 3.03. The molecule has 1 saturated carbocycles. The molecule has 0 atom stereocenters. The molecule has 1 aromatic heterocycles. The second-order valence-electron chi connectivity index (χ2n) is 4.15. The molecule has 0 bridgehead atoms. The third kappa shape index (κ3) is 3.43. The summed E-state index contributed by atoms with van der Waals surface area (Å²) in [5.74, 6) is 0.881. The van der Waals surface area contributed by atoms with Crippen LogP contribution in [0.4, 0.5) is 0 Å². The maximum atomic E-state index is 11.7. The van der Waals surface area contributed by atoms with E-state index in [1.54, 1.807) is 10.6 Å². The van der Waals surface area contributed by atoms with E-state index in [1.807, 2.05) is 6.20 Å². The van der Waals surface area contributed by atoms with Crippen LogP contribution in [0.1, 0.15) is 12.8 Å². The zero-order chi connectivity index (χ0) is 11.5. The topological polar surface area (TPSA) is 34.0 Å². The lowest BCUT2D eigenvalue weighted by molar-refractivity contribution is 0.565. The highest BCUT2D eigenvalue weighted by Gasteiger charge is 2.19. The minimum absolute atomic E-state index is 0.0245. The molecule has 0 unspecified atom stereocenters. The highest BCUT2D eigenvalue weighted by Crippen LogP contribution is 2.27. The lowest BCUT2D eigenvalue weighted by Gasteiger charge is -2.08. The molecule has 1 N–H and O–H groups in total. The Labute approximate surface area is 111 Å². The first-order valence-corrected chi connectivity index (χ1v) is 7.01. The molecule has 0 spiro atoms. The van der Waals surface area contributed by atoms with E-state index in [0.717, 1.165) is 23.5 Å². The molecular formula is C11H14Br2N2O. The van der Waals surface area contributed by atoms with E-state index in [1.165, 1.54) is 12.8 Å². The average molecular weight is 350 g/mol. The SMILES string of the molecule is O=c1c(Br)cc(Br)cn1CCNCC1CC1. The number of rotatable bonds is 5. The van der Waals surface area contributed by atoms with Crippen molar-refractivity contribution in [3.05, 3.63) is 31.6 Å². The maximum absolute atomic E-state index is 11.7. The molecule has 0 amide bonds. The normalized spacial score (nSPS) is 15.4. The van der Waals surface area contributed by atoms with Crippen LogP contribution in [0.15, 0.2) is 26.0 Å². The number of aromatic nitrogens is 1. The molecule has 0 saturated heterocycles. The standard InChI is InChI=1S/C11H14Br2N2O/c12-9-5-10(13)11(16)15(7-9)4-3-14-6-8-1-2-8/h5,7-8,14H,1-4,6H2. The number of pyridine rings is 1. The monoisotopic (exact) mass is 348 g/mol. The summed E-state index contributed by atoms with van der Waals surface area (Å²) in [6, 6.07) is 1.77. The number of halogens is 2. The number of nitrogens with one attached hydrogen (secondary N) is 1. The van der Waals surface area contributed by atoms with Crippen molar-refractivity contribution in [3.8, 4) is 0 Å². The Bertz CT molecular complexity index is 426. The van der Waals surface area contributed by atoms with E-state index in [4.69, 9.17) is 0 Å². The molecule has 1 aromatic rings. The van der Waals surface area contributed by atoms with E-state index in [2.05, 4.69) is 37.2 Å². The molecule has 1 aliphatic rings. The Balaban J connectivity index is 1.89. The van der Waals surface area contributed by atoms with Crippen LogP contribution in [0.5, 0.6) is 0 Å². The number of nitrogens with zero attached hydrogens (tertiary/aromatic N) is 1. The zero-order valence-corrected chi connectivity index (χ0v) is 12.1. The summed E-state index contributed by atoms with van der Waals surface area (Å²) in [5, 5.41) is 3.37. The molecule has 1 fully saturated rings. The van der Waals surface area contributed by atoms with Crippen LogP contribution >= 0.6 is 31.9 Å². The molecule has 1 aliphatic carbocycles. The van der Waals surface area contributed by atoms with Crippen molar-refractivity contribution in [3.63, 3.8) is 0 Å². The van der Waals surface area contributed by atoms with Crippen molar-refractivity contribution >= 4 is 31.9 Å². The second-order valence-corrected chi connectivity index (χ2v) is 5.92. The van der Waals surface area contributed by atoms with Gasteiger partial charge in [0.05, 0.1) is 4.47 Å². The van der Waals surface area contributed by atoms with Gasteiger partial charge in [-0.15, -0.1) is 0 Å². The summed E-state index contributed by atoms with van der Waals surface area (Å²) in [5.41, 5.74) is 0.0245. The molecule has 0 aromatic carbocycles. The Kier molecular flexibility index (Phi) is 4.21. The highest BCUT2D eigenvalue weighted by atomic mass is 79.9. The van der Waals surface area contributed by atoms with Crippen molar-refractivity contribution in [2.45, 2.75) is 19.4 Å². The zero-order valence-electron chi connectivity index (χ0n) is 8.88. The van der Waals surface area contributed by atoms with E-state index >= 15 is 0 Å². The fourth-order valence-corrected chi connectivity index (χ4v) is 2.82. The van der Waals surface area contributed by atoms with Gasteiger partial charge in [-0.1, -0.05) is 0 Å². The molecule has 2 rings (SSSR count). The van der Waals surface area contributed by atoms with E-state index in [0.29, 0.717) is 11.0 Å². The Morgan fingerprint density at radius 3 is 2.88 bits per heavy atom. The van der Waals surface area contributed by atoms with Crippen molar-refractivity contribution in [1.29, 1.82) is 0 Å². The van der Waals surface area contributed by atoms with Crippen molar-refractivity contribution in [2.75, 3.05) is 13.1 Å². The molecule has 1 heterocycles. The molecular weight excluding hydrogens is 336 g/mol. The fourth-order valence-electron chi connectivity index (χ4n) is 1.56. The summed E-state index contributed by atoms with van der Waals surface area (Å²) in [6.45, 7) is 2.65. The Morgan fingerprint density at radius 1 is 1.44 bits per heavy atom. The van der Waals surface area contributed by atoms with E-state index in [9.17, 15) is 4.79 Å². The van der Waals surface area contributed by atoms with Gasteiger partial charge in [-0.05, 0) is 63.2 Å². The molecule has 5 heteroatoms. The van der Waals surface area contributed by atoms with Crippen LogP contribution in [0.3, 0.4) is 0 Å². The van der Waals surface area contributed by atoms with Crippen LogP contribution in [-0.2, 0) is 6.54 Å². The van der Waals surface area contributed by atoms with Crippen LogP contribution in [0.25, 0.3) is 0 Å². The van der Waals surface area contributed by atoms with Gasteiger partial charge in [-0.3, -0.25) is 4.79 Å². The van der Waals surface area contributed by atoms with E-state index in [-0.39, 0.29) is 5.56 Å². The van der Waals surface area contributed by atoms with Crippen molar-refractivity contribution in [1.82, 2.24) is 9.88 Å². The molecule has 0 aliphatic heterocycles. The highest BCUT2D eigenvalue weighted by molar-refractivity contribution is 9.11. The predicted octanol–water partition coefficient (Wildman–Crippen LogP) is 2.37. The van der Waals surface area contributed by atoms with E-state index < -0.39 is 0 Å². The van der Waals surface area contributed by atoms with Gasteiger partial charge < -0.3 is 9.88 Å². The molecule has 0 radical (unpaired) electrons. The van der Waals surface area contributed by atoms with Gasteiger partial charge >= 0.3 is 0 Å². The van der Waals surface area contributed by atoms with Crippen LogP contribution in [-0.4, -0.2) is 17.7 Å². The van der Waals surface area contributed by atoms with Gasteiger partial charge in [-0.25, -0.2) is 0 Å². The summed E-state index contributed by atoms with van der Waals surface area (Å²) < 4.78 is 3.24. The van der Waals surface area contributed by atoms with Crippen molar-refractivity contribution < 1.29 is 0 Å². The summed E-state index contributed by atoms with van der Waals surface area (Å²) in [6.07, 6.45) is 4.54. The summed E-state index contributed by atoms with van der Waals surface area (Å²) in [7, 11) is 0. The van der Waals surface area contributed by atoms with Gasteiger partial charge in [0.1, 0.15) is 0 Å². The fraction of sp³-hybridized carbons (Fsp3) is 0.545.